The molecule has 0 saturated heterocycles. The van der Waals surface area contributed by atoms with Crippen LogP contribution in [0.4, 0.5) is 24.5 Å². The molecule has 0 aromatic heterocycles. The van der Waals surface area contributed by atoms with Gasteiger partial charge in [0.15, 0.2) is 0 Å². The van der Waals surface area contributed by atoms with Gasteiger partial charge in [0.1, 0.15) is 23.7 Å². The number of alkyl halides is 3. The van der Waals surface area contributed by atoms with E-state index in [2.05, 4.69) is 0 Å². The maximum Gasteiger partial charge on any atom is 0.405 e. The van der Waals surface area contributed by atoms with Crippen LogP contribution in [-0.2, 0) is 14.8 Å². The molecule has 0 saturated carbocycles. The second kappa shape index (κ2) is 9.39. The van der Waals surface area contributed by atoms with Gasteiger partial charge in [-0.25, -0.2) is 8.42 Å². The van der Waals surface area contributed by atoms with Gasteiger partial charge < -0.3 is 10.1 Å². The van der Waals surface area contributed by atoms with Crippen molar-refractivity contribution in [2.24, 2.45) is 0 Å². The van der Waals surface area contributed by atoms with Crippen molar-refractivity contribution in [2.75, 3.05) is 24.5 Å². The van der Waals surface area contributed by atoms with Gasteiger partial charge in [0.2, 0.25) is 5.91 Å². The zero-order valence-corrected chi connectivity index (χ0v) is 17.3. The van der Waals surface area contributed by atoms with Crippen LogP contribution in [0, 0.1) is 10.1 Å². The lowest BCUT2D eigenvalue weighted by Crippen LogP contribution is -2.43. The number of non-ortho nitro benzene ring substituents is 1. The van der Waals surface area contributed by atoms with Crippen molar-refractivity contribution in [3.8, 4) is 5.75 Å². The van der Waals surface area contributed by atoms with E-state index in [9.17, 15) is 36.5 Å². The average Bonchev–Trinajstić information content (AvgIpc) is 2.69. The first-order valence-electron chi connectivity index (χ1n) is 8.30. The standard InChI is InChI=1S/C17H15ClF3N3O6S/c1-30-14-5-3-2-4-13(14)23(9-16(25)22-10-17(19,20)21)31(28,29)15-8-11(24(26)27)6-7-12(15)18/h2-8H,9-10H2,1H3,(H,22,25). The molecule has 0 aliphatic carbocycles. The van der Waals surface area contributed by atoms with Crippen molar-refractivity contribution in [1.82, 2.24) is 5.32 Å². The number of nitrogens with zero attached hydrogens (tertiary/aromatic N) is 2. The predicted octanol–water partition coefficient (Wildman–Crippen LogP) is 3.13. The lowest BCUT2D eigenvalue weighted by molar-refractivity contribution is -0.385. The van der Waals surface area contributed by atoms with Crippen LogP contribution in [0.3, 0.4) is 0 Å². The smallest absolute Gasteiger partial charge is 0.405 e. The molecule has 168 valence electrons. The minimum absolute atomic E-state index is 0.0174. The second-order valence-electron chi connectivity index (χ2n) is 5.95. The maximum absolute atomic E-state index is 13.3. The number of halogens is 4. The minimum Gasteiger partial charge on any atom is -0.495 e. The third-order valence-electron chi connectivity index (χ3n) is 3.82. The van der Waals surface area contributed by atoms with Gasteiger partial charge in [-0.1, -0.05) is 23.7 Å². The van der Waals surface area contributed by atoms with Crippen LogP contribution in [-0.4, -0.2) is 45.6 Å². The average molecular weight is 482 g/mol. The van der Waals surface area contributed by atoms with Crippen LogP contribution >= 0.6 is 11.6 Å². The van der Waals surface area contributed by atoms with Crippen molar-refractivity contribution < 1.29 is 36.0 Å². The highest BCUT2D eigenvalue weighted by Crippen LogP contribution is 2.35. The summed E-state index contributed by atoms with van der Waals surface area (Å²) in [4.78, 5) is 21.6. The summed E-state index contributed by atoms with van der Waals surface area (Å²) in [6, 6.07) is 8.16. The van der Waals surface area contributed by atoms with E-state index in [4.69, 9.17) is 16.3 Å². The Morgan fingerprint density at radius 1 is 1.26 bits per heavy atom. The molecular weight excluding hydrogens is 467 g/mol. The van der Waals surface area contributed by atoms with Crippen molar-refractivity contribution in [3.05, 3.63) is 57.6 Å². The zero-order chi connectivity index (χ0) is 23.4. The molecule has 0 spiro atoms. The van der Waals surface area contributed by atoms with Gasteiger partial charge >= 0.3 is 6.18 Å². The van der Waals surface area contributed by atoms with E-state index in [1.807, 2.05) is 0 Å². The Bertz CT molecular complexity index is 1090. The molecule has 31 heavy (non-hydrogen) atoms. The lowest BCUT2D eigenvalue weighted by Gasteiger charge is -2.26. The summed E-state index contributed by atoms with van der Waals surface area (Å²) in [7, 11) is -3.53. The Hall–Kier alpha value is -3.06. The third-order valence-corrected chi connectivity index (χ3v) is 6.06. The van der Waals surface area contributed by atoms with Gasteiger partial charge in [-0.3, -0.25) is 19.2 Å². The summed E-state index contributed by atoms with van der Waals surface area (Å²) >= 11 is 5.94. The number of hydrogen-bond donors (Lipinski definition) is 1. The number of sulfonamides is 1. The minimum atomic E-state index is -4.75. The molecule has 0 aliphatic heterocycles. The van der Waals surface area contributed by atoms with Crippen LogP contribution in [0.15, 0.2) is 47.4 Å². The molecule has 0 heterocycles. The van der Waals surface area contributed by atoms with Gasteiger partial charge in [-0.05, 0) is 18.2 Å². The second-order valence-corrected chi connectivity index (χ2v) is 8.19. The first-order valence-corrected chi connectivity index (χ1v) is 10.1. The van der Waals surface area contributed by atoms with Gasteiger partial charge in [0, 0.05) is 12.1 Å². The Morgan fingerprint density at radius 3 is 2.48 bits per heavy atom. The van der Waals surface area contributed by atoms with E-state index < -0.39 is 50.7 Å². The molecule has 0 radical (unpaired) electrons. The molecule has 2 aromatic carbocycles. The van der Waals surface area contributed by atoms with Crippen molar-refractivity contribution in [1.29, 1.82) is 0 Å². The molecule has 0 bridgehead atoms. The normalized spacial score (nSPS) is 11.6. The monoisotopic (exact) mass is 481 g/mol. The fourth-order valence-electron chi connectivity index (χ4n) is 2.44. The molecule has 0 aliphatic rings. The number of nitro groups is 1. The number of para-hydroxylation sites is 2. The van der Waals surface area contributed by atoms with E-state index in [1.165, 1.54) is 31.4 Å². The van der Waals surface area contributed by atoms with E-state index >= 15 is 0 Å². The Kier molecular flexibility index (Phi) is 7.33. The molecule has 0 unspecified atom stereocenters. The van der Waals surface area contributed by atoms with Crippen molar-refractivity contribution in [3.63, 3.8) is 0 Å². The van der Waals surface area contributed by atoms with Crippen LogP contribution in [0.25, 0.3) is 0 Å². The topological polar surface area (TPSA) is 119 Å². The lowest BCUT2D eigenvalue weighted by atomic mass is 10.3. The number of carbonyl (C=O) groups is 1. The molecule has 2 rings (SSSR count). The molecule has 2 aromatic rings. The van der Waals surface area contributed by atoms with Gasteiger partial charge in [0.05, 0.1) is 22.7 Å². The van der Waals surface area contributed by atoms with E-state index in [1.54, 1.807) is 5.32 Å². The number of anilines is 1. The molecule has 9 nitrogen and oxygen atoms in total. The van der Waals surface area contributed by atoms with E-state index in [0.717, 1.165) is 12.1 Å². The number of nitrogens with one attached hydrogen (secondary N) is 1. The van der Waals surface area contributed by atoms with Crippen LogP contribution in [0.5, 0.6) is 5.75 Å². The summed E-state index contributed by atoms with van der Waals surface area (Å²) in [5.41, 5.74) is -0.779. The van der Waals surface area contributed by atoms with Gasteiger partial charge in [0.25, 0.3) is 15.7 Å². The number of ether oxygens (including phenoxy) is 1. The van der Waals surface area contributed by atoms with E-state index in [-0.39, 0.29) is 16.5 Å². The fraction of sp³-hybridized carbons (Fsp3) is 0.235. The first-order chi connectivity index (χ1) is 14.4. The number of rotatable bonds is 8. The number of nitro benzene ring substituents is 1. The molecule has 1 N–H and O–H groups in total. The molecular formula is C17H15ClF3N3O6S. The van der Waals surface area contributed by atoms with Gasteiger partial charge in [-0.2, -0.15) is 13.2 Å². The quantitative estimate of drug-likeness (QED) is 0.457. The number of carbonyl (C=O) groups excluding carboxylic acids is 1. The Morgan fingerprint density at radius 2 is 1.90 bits per heavy atom. The summed E-state index contributed by atoms with van der Waals surface area (Å²) < 4.78 is 69.4. The number of methoxy groups -OCH3 is 1. The van der Waals surface area contributed by atoms with Crippen LogP contribution in [0.2, 0.25) is 5.02 Å². The SMILES string of the molecule is COc1ccccc1N(CC(=O)NCC(F)(F)F)S(=O)(=O)c1cc([N+](=O)[O-])ccc1Cl. The molecule has 0 atom stereocenters. The molecule has 1 amide bonds. The number of hydrogen-bond acceptors (Lipinski definition) is 6. The predicted molar refractivity (Wildman–Crippen MR) is 105 cm³/mol. The van der Waals surface area contributed by atoms with Crippen LogP contribution < -0.4 is 14.4 Å². The molecule has 14 heteroatoms. The van der Waals surface area contributed by atoms with Crippen LogP contribution in [0.1, 0.15) is 0 Å². The highest BCUT2D eigenvalue weighted by atomic mass is 35.5. The number of amides is 1. The maximum atomic E-state index is 13.3. The summed E-state index contributed by atoms with van der Waals surface area (Å²) in [5, 5.41) is 12.2. The highest BCUT2D eigenvalue weighted by Gasteiger charge is 2.34. The summed E-state index contributed by atoms with van der Waals surface area (Å²) in [5.74, 6) is -1.29. The summed E-state index contributed by atoms with van der Waals surface area (Å²) in [6.45, 7) is -2.75. The van der Waals surface area contributed by atoms with Crippen molar-refractivity contribution in [2.45, 2.75) is 11.1 Å². The zero-order valence-electron chi connectivity index (χ0n) is 15.7. The first kappa shape index (κ1) is 24.2. The van der Waals surface area contributed by atoms with E-state index in [0.29, 0.717) is 10.4 Å². The fourth-order valence-corrected chi connectivity index (χ4v) is 4.37. The van der Waals surface area contributed by atoms with Gasteiger partial charge in [-0.15, -0.1) is 0 Å². The number of benzene rings is 2. The highest BCUT2D eigenvalue weighted by molar-refractivity contribution is 7.93. The molecule has 0 fully saturated rings. The summed E-state index contributed by atoms with van der Waals surface area (Å²) in [6.07, 6.45) is -4.72. The Balaban J connectivity index is 2.58. The Labute approximate surface area is 179 Å². The third kappa shape index (κ3) is 5.98. The van der Waals surface area contributed by atoms with Crippen molar-refractivity contribution >= 4 is 38.9 Å². The largest absolute Gasteiger partial charge is 0.495 e.